The topological polar surface area (TPSA) is 59.8 Å². The van der Waals surface area contributed by atoms with Gasteiger partial charge in [0.1, 0.15) is 6.54 Å². The van der Waals surface area contributed by atoms with Crippen LogP contribution in [-0.2, 0) is 12.5 Å². The quantitative estimate of drug-likeness (QED) is 0.927. The lowest BCUT2D eigenvalue weighted by Gasteiger charge is -2.19. The minimum atomic E-state index is -4.45. The van der Waals surface area contributed by atoms with Gasteiger partial charge in [0.25, 0.3) is 5.91 Å². The first-order valence-corrected chi connectivity index (χ1v) is 6.67. The molecule has 1 amide bonds. The Morgan fingerprint density at radius 1 is 1.32 bits per heavy atom. The highest BCUT2D eigenvalue weighted by molar-refractivity contribution is 6.05. The highest BCUT2D eigenvalue weighted by Crippen LogP contribution is 2.26. The lowest BCUT2D eigenvalue weighted by Crippen LogP contribution is -2.34. The first-order valence-electron chi connectivity index (χ1n) is 6.67. The van der Waals surface area contributed by atoms with Crippen LogP contribution in [0, 0.1) is 0 Å². The number of hydrogen-bond donors (Lipinski definition) is 1. The number of amides is 1. The molecule has 0 spiro atoms. The standard InChI is InChI=1S/C14H17F3N4O/c1-13(2,3)10-5-8(12(22)18-7-14(15,16)17)9-6-19-21(4)11(9)20-10/h5-6H,7H2,1-4H3,(H,18,22). The normalized spacial score (nSPS) is 12.7. The number of hydrogen-bond acceptors (Lipinski definition) is 3. The maximum atomic E-state index is 12.3. The van der Waals surface area contributed by atoms with E-state index in [1.807, 2.05) is 26.1 Å². The van der Waals surface area contributed by atoms with E-state index in [0.29, 0.717) is 16.7 Å². The summed E-state index contributed by atoms with van der Waals surface area (Å²) in [7, 11) is 1.67. The first-order chi connectivity index (χ1) is 9.99. The Morgan fingerprint density at radius 2 is 1.95 bits per heavy atom. The summed E-state index contributed by atoms with van der Waals surface area (Å²) in [6.07, 6.45) is -3.03. The molecule has 0 aliphatic rings. The third-order valence-electron chi connectivity index (χ3n) is 3.17. The van der Waals surface area contributed by atoms with Crippen molar-refractivity contribution in [2.75, 3.05) is 6.54 Å². The van der Waals surface area contributed by atoms with E-state index in [0.717, 1.165) is 0 Å². The van der Waals surface area contributed by atoms with Gasteiger partial charge in [0.2, 0.25) is 0 Å². The molecular formula is C14H17F3N4O. The molecule has 0 saturated heterocycles. The van der Waals surface area contributed by atoms with Crippen molar-refractivity contribution in [2.24, 2.45) is 7.05 Å². The van der Waals surface area contributed by atoms with E-state index >= 15 is 0 Å². The van der Waals surface area contributed by atoms with E-state index in [2.05, 4.69) is 10.1 Å². The van der Waals surface area contributed by atoms with Crippen molar-refractivity contribution >= 4 is 16.9 Å². The van der Waals surface area contributed by atoms with Crippen LogP contribution >= 0.6 is 0 Å². The number of carbonyl (C=O) groups excluding carboxylic acids is 1. The molecule has 2 aromatic rings. The summed E-state index contributed by atoms with van der Waals surface area (Å²) < 4.78 is 38.3. The predicted molar refractivity (Wildman–Crippen MR) is 75.6 cm³/mol. The molecule has 0 aliphatic carbocycles. The summed E-state index contributed by atoms with van der Waals surface area (Å²) >= 11 is 0. The molecule has 0 unspecified atom stereocenters. The lowest BCUT2D eigenvalue weighted by atomic mass is 9.90. The molecule has 0 fully saturated rings. The summed E-state index contributed by atoms with van der Waals surface area (Å²) in [5, 5.41) is 6.34. The zero-order valence-corrected chi connectivity index (χ0v) is 12.7. The molecular weight excluding hydrogens is 297 g/mol. The molecule has 0 aliphatic heterocycles. The van der Waals surface area contributed by atoms with Crippen LogP contribution in [0.2, 0.25) is 0 Å². The van der Waals surface area contributed by atoms with Crippen molar-refractivity contribution in [3.63, 3.8) is 0 Å². The van der Waals surface area contributed by atoms with Crippen LogP contribution in [0.15, 0.2) is 12.3 Å². The van der Waals surface area contributed by atoms with Gasteiger partial charge in [0, 0.05) is 18.2 Å². The molecule has 2 rings (SSSR count). The summed E-state index contributed by atoms with van der Waals surface area (Å²) in [6.45, 7) is 4.36. The smallest absolute Gasteiger partial charge is 0.343 e. The van der Waals surface area contributed by atoms with Gasteiger partial charge in [-0.25, -0.2) is 4.98 Å². The number of aromatic nitrogens is 3. The molecule has 0 bridgehead atoms. The number of alkyl halides is 3. The predicted octanol–water partition coefficient (Wildman–Crippen LogP) is 2.56. The fourth-order valence-corrected chi connectivity index (χ4v) is 1.96. The lowest BCUT2D eigenvalue weighted by molar-refractivity contribution is -0.123. The van der Waals surface area contributed by atoms with Crippen LogP contribution in [0.5, 0.6) is 0 Å². The number of fused-ring (bicyclic) bond motifs is 1. The molecule has 2 aromatic heterocycles. The minimum absolute atomic E-state index is 0.146. The van der Waals surface area contributed by atoms with Gasteiger partial charge < -0.3 is 5.32 Å². The number of nitrogens with zero attached hydrogens (tertiary/aromatic N) is 3. The van der Waals surface area contributed by atoms with E-state index in [1.54, 1.807) is 7.05 Å². The van der Waals surface area contributed by atoms with Crippen LogP contribution in [0.4, 0.5) is 13.2 Å². The van der Waals surface area contributed by atoms with Crippen LogP contribution in [0.3, 0.4) is 0 Å². The highest BCUT2D eigenvalue weighted by atomic mass is 19.4. The molecule has 0 radical (unpaired) electrons. The Morgan fingerprint density at radius 3 is 2.50 bits per heavy atom. The van der Waals surface area contributed by atoms with Gasteiger partial charge in [-0.2, -0.15) is 18.3 Å². The Labute approximate surface area is 125 Å². The first kappa shape index (κ1) is 16.3. The number of halogens is 3. The molecule has 8 heteroatoms. The van der Waals surface area contributed by atoms with Gasteiger partial charge in [-0.15, -0.1) is 0 Å². The zero-order chi connectivity index (χ0) is 16.7. The highest BCUT2D eigenvalue weighted by Gasteiger charge is 2.29. The number of nitrogens with one attached hydrogen (secondary N) is 1. The Balaban J connectivity index is 2.50. The second kappa shape index (κ2) is 5.26. The van der Waals surface area contributed by atoms with Gasteiger partial charge in [-0.05, 0) is 6.07 Å². The Hall–Kier alpha value is -2.12. The molecule has 5 nitrogen and oxygen atoms in total. The largest absolute Gasteiger partial charge is 0.405 e. The van der Waals surface area contributed by atoms with E-state index in [4.69, 9.17) is 0 Å². The van der Waals surface area contributed by atoms with Crippen molar-refractivity contribution in [1.82, 2.24) is 20.1 Å². The van der Waals surface area contributed by atoms with Gasteiger partial charge >= 0.3 is 6.18 Å². The molecule has 22 heavy (non-hydrogen) atoms. The second-order valence-electron chi connectivity index (χ2n) is 6.11. The van der Waals surface area contributed by atoms with Crippen molar-refractivity contribution in [1.29, 1.82) is 0 Å². The fraction of sp³-hybridized carbons (Fsp3) is 0.500. The third kappa shape index (κ3) is 3.37. The van der Waals surface area contributed by atoms with E-state index in [-0.39, 0.29) is 11.0 Å². The second-order valence-corrected chi connectivity index (χ2v) is 6.11. The summed E-state index contributed by atoms with van der Waals surface area (Å²) in [6, 6.07) is 1.52. The fourth-order valence-electron chi connectivity index (χ4n) is 1.96. The zero-order valence-electron chi connectivity index (χ0n) is 12.7. The maximum Gasteiger partial charge on any atom is 0.405 e. The third-order valence-corrected chi connectivity index (χ3v) is 3.17. The summed E-state index contributed by atoms with van der Waals surface area (Å²) in [4.78, 5) is 16.6. The van der Waals surface area contributed by atoms with Crippen LogP contribution in [0.25, 0.3) is 11.0 Å². The van der Waals surface area contributed by atoms with Crippen molar-refractivity contribution < 1.29 is 18.0 Å². The van der Waals surface area contributed by atoms with E-state index < -0.39 is 18.6 Å². The molecule has 1 N–H and O–H groups in total. The molecule has 120 valence electrons. The minimum Gasteiger partial charge on any atom is -0.343 e. The summed E-state index contributed by atoms with van der Waals surface area (Å²) in [5.74, 6) is -0.789. The molecule has 2 heterocycles. The van der Waals surface area contributed by atoms with Crippen molar-refractivity contribution in [2.45, 2.75) is 32.4 Å². The van der Waals surface area contributed by atoms with E-state index in [9.17, 15) is 18.0 Å². The van der Waals surface area contributed by atoms with Crippen LogP contribution in [-0.4, -0.2) is 33.4 Å². The monoisotopic (exact) mass is 314 g/mol. The van der Waals surface area contributed by atoms with Gasteiger partial charge in [-0.1, -0.05) is 20.8 Å². The Bertz CT molecular complexity index is 713. The molecule has 0 atom stereocenters. The molecule has 0 saturated carbocycles. The summed E-state index contributed by atoms with van der Waals surface area (Å²) in [5.41, 5.74) is 0.870. The van der Waals surface area contributed by atoms with Gasteiger partial charge in [0.15, 0.2) is 5.65 Å². The van der Waals surface area contributed by atoms with E-state index in [1.165, 1.54) is 16.9 Å². The SMILES string of the molecule is Cn1ncc2c(C(=O)NCC(F)(F)F)cc(C(C)(C)C)nc21. The van der Waals surface area contributed by atoms with Crippen molar-refractivity contribution in [3.8, 4) is 0 Å². The van der Waals surface area contributed by atoms with Gasteiger partial charge in [0.05, 0.1) is 17.1 Å². The average molecular weight is 314 g/mol. The number of rotatable bonds is 2. The maximum absolute atomic E-state index is 12.3. The number of pyridine rings is 1. The van der Waals surface area contributed by atoms with Crippen LogP contribution < -0.4 is 5.32 Å². The number of aryl methyl sites for hydroxylation is 1. The number of carbonyl (C=O) groups is 1. The average Bonchev–Trinajstić information content (AvgIpc) is 2.75. The molecule has 0 aromatic carbocycles. The van der Waals surface area contributed by atoms with Crippen molar-refractivity contribution in [3.05, 3.63) is 23.5 Å². The van der Waals surface area contributed by atoms with Gasteiger partial charge in [-0.3, -0.25) is 9.48 Å². The van der Waals surface area contributed by atoms with Crippen LogP contribution in [0.1, 0.15) is 36.8 Å². The Kier molecular flexibility index (Phi) is 3.88.